The standard InChI is InChI=1S/C29H25NO4/c1-34-26-16-14-23(15-17-26)24-8-5-9-25(19-24)28(31)30-27(29(32)33)18-20-10-12-22(13-11-20)21-6-3-2-4-7-21/h2-17,19,27H,18H2,1H3,(H,30,31)(H,32,33). The van der Waals surface area contributed by atoms with E-state index in [1.807, 2.05) is 84.9 Å². The number of carbonyl (C=O) groups excluding carboxylic acids is 1. The third-order valence-corrected chi connectivity index (χ3v) is 5.65. The van der Waals surface area contributed by atoms with Gasteiger partial charge < -0.3 is 15.2 Å². The van der Waals surface area contributed by atoms with Crippen LogP contribution in [0.2, 0.25) is 0 Å². The topological polar surface area (TPSA) is 75.6 Å². The van der Waals surface area contributed by atoms with E-state index in [0.717, 1.165) is 33.6 Å². The molecule has 0 radical (unpaired) electrons. The van der Waals surface area contributed by atoms with Crippen molar-refractivity contribution in [2.24, 2.45) is 0 Å². The van der Waals surface area contributed by atoms with Crippen LogP contribution in [0.1, 0.15) is 15.9 Å². The van der Waals surface area contributed by atoms with Crippen LogP contribution in [0.4, 0.5) is 0 Å². The highest BCUT2D eigenvalue weighted by Gasteiger charge is 2.21. The zero-order valence-electron chi connectivity index (χ0n) is 18.8. The van der Waals surface area contributed by atoms with E-state index in [2.05, 4.69) is 5.32 Å². The number of nitrogens with one attached hydrogen (secondary N) is 1. The van der Waals surface area contributed by atoms with E-state index >= 15 is 0 Å². The number of aliphatic carboxylic acids is 1. The van der Waals surface area contributed by atoms with Crippen molar-refractivity contribution in [3.63, 3.8) is 0 Å². The van der Waals surface area contributed by atoms with E-state index in [9.17, 15) is 14.7 Å². The third-order valence-electron chi connectivity index (χ3n) is 5.65. The smallest absolute Gasteiger partial charge is 0.326 e. The fourth-order valence-electron chi connectivity index (χ4n) is 3.76. The summed E-state index contributed by atoms with van der Waals surface area (Å²) < 4.78 is 5.19. The number of ether oxygens (including phenoxy) is 1. The molecule has 4 aromatic carbocycles. The lowest BCUT2D eigenvalue weighted by Crippen LogP contribution is -2.42. The van der Waals surface area contributed by atoms with Crippen LogP contribution in [-0.4, -0.2) is 30.1 Å². The summed E-state index contributed by atoms with van der Waals surface area (Å²) in [6.07, 6.45) is 0.189. The number of amides is 1. The Balaban J connectivity index is 1.46. The quantitative estimate of drug-likeness (QED) is 0.373. The van der Waals surface area contributed by atoms with Gasteiger partial charge in [0.05, 0.1) is 7.11 Å². The number of hydrogen-bond acceptors (Lipinski definition) is 3. The molecule has 4 aromatic rings. The maximum absolute atomic E-state index is 12.9. The van der Waals surface area contributed by atoms with Crippen molar-refractivity contribution < 1.29 is 19.4 Å². The van der Waals surface area contributed by atoms with Crippen LogP contribution in [0.5, 0.6) is 5.75 Å². The Morgan fingerprint density at radius 1 is 0.765 bits per heavy atom. The summed E-state index contributed by atoms with van der Waals surface area (Å²) in [7, 11) is 1.61. The van der Waals surface area contributed by atoms with E-state index in [-0.39, 0.29) is 6.42 Å². The van der Waals surface area contributed by atoms with Gasteiger partial charge in [-0.2, -0.15) is 0 Å². The first-order chi connectivity index (χ1) is 16.5. The minimum absolute atomic E-state index is 0.189. The van der Waals surface area contributed by atoms with Gasteiger partial charge in [0.1, 0.15) is 11.8 Å². The Labute approximate surface area is 198 Å². The monoisotopic (exact) mass is 451 g/mol. The number of carboxylic acid groups (broad SMARTS) is 1. The van der Waals surface area contributed by atoms with E-state index in [0.29, 0.717) is 5.56 Å². The van der Waals surface area contributed by atoms with Crippen molar-refractivity contribution in [2.75, 3.05) is 7.11 Å². The van der Waals surface area contributed by atoms with Gasteiger partial charge in [-0.15, -0.1) is 0 Å². The Hall–Kier alpha value is -4.38. The zero-order valence-corrected chi connectivity index (χ0v) is 18.8. The highest BCUT2D eigenvalue weighted by molar-refractivity contribution is 5.97. The van der Waals surface area contributed by atoms with Gasteiger partial charge in [-0.1, -0.05) is 78.9 Å². The number of carbonyl (C=O) groups is 2. The molecule has 0 fully saturated rings. The molecule has 170 valence electrons. The maximum Gasteiger partial charge on any atom is 0.326 e. The number of hydrogen-bond donors (Lipinski definition) is 2. The van der Waals surface area contributed by atoms with Crippen LogP contribution >= 0.6 is 0 Å². The fraction of sp³-hybridized carbons (Fsp3) is 0.103. The summed E-state index contributed by atoms with van der Waals surface area (Å²) in [4.78, 5) is 24.8. The molecule has 1 amide bonds. The molecule has 0 aromatic heterocycles. The van der Waals surface area contributed by atoms with Crippen molar-refractivity contribution in [2.45, 2.75) is 12.5 Å². The van der Waals surface area contributed by atoms with Gasteiger partial charge in [-0.05, 0) is 52.1 Å². The Bertz CT molecular complexity index is 1270. The number of rotatable bonds is 8. The second-order valence-electron chi connectivity index (χ2n) is 7.94. The predicted octanol–water partition coefficient (Wildman–Crippen LogP) is 5.45. The van der Waals surface area contributed by atoms with Crippen molar-refractivity contribution in [1.82, 2.24) is 5.32 Å². The number of benzene rings is 4. The van der Waals surface area contributed by atoms with Gasteiger partial charge in [0.15, 0.2) is 0 Å². The van der Waals surface area contributed by atoms with Gasteiger partial charge in [0.25, 0.3) is 5.91 Å². The molecule has 0 aliphatic rings. The van der Waals surface area contributed by atoms with E-state index in [1.54, 1.807) is 25.3 Å². The first kappa shape index (κ1) is 22.8. The number of methoxy groups -OCH3 is 1. The van der Waals surface area contributed by atoms with Gasteiger partial charge >= 0.3 is 5.97 Å². The summed E-state index contributed by atoms with van der Waals surface area (Å²) in [5.41, 5.74) is 5.17. The molecule has 2 N–H and O–H groups in total. The molecular weight excluding hydrogens is 426 g/mol. The van der Waals surface area contributed by atoms with Gasteiger partial charge in [-0.25, -0.2) is 4.79 Å². The average Bonchev–Trinajstić information content (AvgIpc) is 2.89. The predicted molar refractivity (Wildman–Crippen MR) is 133 cm³/mol. The first-order valence-electron chi connectivity index (χ1n) is 11.0. The molecule has 5 nitrogen and oxygen atoms in total. The van der Waals surface area contributed by atoms with Crippen molar-refractivity contribution in [3.8, 4) is 28.0 Å². The lowest BCUT2D eigenvalue weighted by Gasteiger charge is -2.15. The van der Waals surface area contributed by atoms with Crippen LogP contribution in [0.25, 0.3) is 22.3 Å². The molecule has 5 heteroatoms. The lowest BCUT2D eigenvalue weighted by molar-refractivity contribution is -0.139. The second-order valence-corrected chi connectivity index (χ2v) is 7.94. The normalized spacial score (nSPS) is 11.4. The molecule has 1 unspecified atom stereocenters. The molecule has 0 saturated carbocycles. The summed E-state index contributed by atoms with van der Waals surface area (Å²) in [5.74, 6) is -0.755. The Kier molecular flexibility index (Phi) is 7.04. The minimum Gasteiger partial charge on any atom is -0.497 e. The van der Waals surface area contributed by atoms with Crippen molar-refractivity contribution in [1.29, 1.82) is 0 Å². The maximum atomic E-state index is 12.9. The molecule has 0 bridgehead atoms. The van der Waals surface area contributed by atoms with E-state index in [4.69, 9.17) is 4.74 Å². The van der Waals surface area contributed by atoms with Crippen LogP contribution in [-0.2, 0) is 11.2 Å². The fourth-order valence-corrected chi connectivity index (χ4v) is 3.76. The van der Waals surface area contributed by atoms with Crippen LogP contribution < -0.4 is 10.1 Å². The minimum atomic E-state index is -1.08. The Morgan fingerprint density at radius 3 is 2.00 bits per heavy atom. The SMILES string of the molecule is COc1ccc(-c2cccc(C(=O)NC(Cc3ccc(-c4ccccc4)cc3)C(=O)O)c2)cc1. The zero-order chi connectivity index (χ0) is 23.9. The molecule has 0 aliphatic carbocycles. The van der Waals surface area contributed by atoms with Gasteiger partial charge in [-0.3, -0.25) is 4.79 Å². The summed E-state index contributed by atoms with van der Waals surface area (Å²) in [5, 5.41) is 12.4. The van der Waals surface area contributed by atoms with Crippen LogP contribution in [0.15, 0.2) is 103 Å². The number of carboxylic acids is 1. The van der Waals surface area contributed by atoms with E-state index < -0.39 is 17.9 Å². The Morgan fingerprint density at radius 2 is 1.35 bits per heavy atom. The molecular formula is C29H25NO4. The summed E-state index contributed by atoms with van der Waals surface area (Å²) in [6.45, 7) is 0. The molecule has 1 atom stereocenters. The molecule has 0 spiro atoms. The highest BCUT2D eigenvalue weighted by Crippen LogP contribution is 2.24. The van der Waals surface area contributed by atoms with Crippen LogP contribution in [0.3, 0.4) is 0 Å². The molecule has 34 heavy (non-hydrogen) atoms. The van der Waals surface area contributed by atoms with Crippen molar-refractivity contribution in [3.05, 3.63) is 114 Å². The van der Waals surface area contributed by atoms with E-state index in [1.165, 1.54) is 0 Å². The van der Waals surface area contributed by atoms with Crippen LogP contribution in [0, 0.1) is 0 Å². The second kappa shape index (κ2) is 10.5. The van der Waals surface area contributed by atoms with Crippen molar-refractivity contribution >= 4 is 11.9 Å². The van der Waals surface area contributed by atoms with Gasteiger partial charge in [0, 0.05) is 12.0 Å². The summed E-state index contributed by atoms with van der Waals surface area (Å²) in [6, 6.07) is 31.3. The molecule has 0 aliphatic heterocycles. The third kappa shape index (κ3) is 5.51. The molecule has 4 rings (SSSR count). The average molecular weight is 452 g/mol. The highest BCUT2D eigenvalue weighted by atomic mass is 16.5. The first-order valence-corrected chi connectivity index (χ1v) is 11.0. The molecule has 0 saturated heterocycles. The lowest BCUT2D eigenvalue weighted by atomic mass is 10.00. The molecule has 0 heterocycles. The largest absolute Gasteiger partial charge is 0.497 e. The van der Waals surface area contributed by atoms with Gasteiger partial charge in [0.2, 0.25) is 0 Å². The summed E-state index contributed by atoms with van der Waals surface area (Å²) >= 11 is 0.